The molecular weight excluding hydrogens is 293 g/mol. The molecule has 1 aliphatic carbocycles. The standard InChI is InChI=1S/C16H15Cl2NO/c17-10-5-6-12(14(18)8-10)15(19)13-7-9-3-1-2-4-11(9)16(13)20/h1-6,8,13,15-16,20H,7,19H2/t13-,15-,16-/m1/s1. The predicted molar refractivity (Wildman–Crippen MR) is 82.0 cm³/mol. The predicted octanol–water partition coefficient (Wildman–Crippen LogP) is 3.90. The average Bonchev–Trinajstić information content (AvgIpc) is 2.76. The topological polar surface area (TPSA) is 46.2 Å². The van der Waals surface area contributed by atoms with Gasteiger partial charge in [-0.2, -0.15) is 0 Å². The minimum absolute atomic E-state index is 0.0638. The van der Waals surface area contributed by atoms with Crippen molar-refractivity contribution in [2.45, 2.75) is 18.6 Å². The lowest BCUT2D eigenvalue weighted by Gasteiger charge is -2.24. The summed E-state index contributed by atoms with van der Waals surface area (Å²) in [5.41, 5.74) is 9.29. The lowest BCUT2D eigenvalue weighted by atomic mass is 9.89. The molecule has 0 fully saturated rings. The second-order valence-electron chi connectivity index (χ2n) is 5.20. The zero-order valence-electron chi connectivity index (χ0n) is 10.8. The van der Waals surface area contributed by atoms with Crippen LogP contribution >= 0.6 is 23.2 Å². The van der Waals surface area contributed by atoms with Crippen molar-refractivity contribution in [2.75, 3.05) is 0 Å². The highest BCUT2D eigenvalue weighted by molar-refractivity contribution is 6.35. The number of hydrogen-bond acceptors (Lipinski definition) is 2. The highest BCUT2D eigenvalue weighted by Crippen LogP contribution is 2.43. The Bertz CT molecular complexity index is 644. The van der Waals surface area contributed by atoms with Crippen LogP contribution in [0.15, 0.2) is 42.5 Å². The molecule has 1 aliphatic rings. The Morgan fingerprint density at radius 1 is 1.15 bits per heavy atom. The number of benzene rings is 2. The van der Waals surface area contributed by atoms with Gasteiger partial charge in [0.05, 0.1) is 6.10 Å². The summed E-state index contributed by atoms with van der Waals surface area (Å²) < 4.78 is 0. The molecule has 2 aromatic rings. The number of aliphatic hydroxyl groups excluding tert-OH is 1. The molecule has 0 spiro atoms. The van der Waals surface area contributed by atoms with Crippen molar-refractivity contribution < 1.29 is 5.11 Å². The molecule has 0 aromatic heterocycles. The summed E-state index contributed by atoms with van der Waals surface area (Å²) in [7, 11) is 0. The number of fused-ring (bicyclic) bond motifs is 1. The third kappa shape index (κ3) is 2.33. The van der Waals surface area contributed by atoms with Gasteiger partial charge in [0.1, 0.15) is 0 Å². The van der Waals surface area contributed by atoms with Gasteiger partial charge in [0.15, 0.2) is 0 Å². The molecule has 3 atom stereocenters. The first-order chi connectivity index (χ1) is 9.58. The van der Waals surface area contributed by atoms with E-state index in [1.54, 1.807) is 12.1 Å². The quantitative estimate of drug-likeness (QED) is 0.884. The Hall–Kier alpha value is -1.06. The Morgan fingerprint density at radius 3 is 2.60 bits per heavy atom. The van der Waals surface area contributed by atoms with Gasteiger partial charge in [0.2, 0.25) is 0 Å². The van der Waals surface area contributed by atoms with E-state index in [2.05, 4.69) is 0 Å². The molecule has 2 aromatic carbocycles. The van der Waals surface area contributed by atoms with Crippen molar-refractivity contribution in [2.24, 2.45) is 11.7 Å². The Balaban J connectivity index is 1.91. The summed E-state index contributed by atoms with van der Waals surface area (Å²) in [6.07, 6.45) is 0.213. The van der Waals surface area contributed by atoms with E-state index in [4.69, 9.17) is 28.9 Å². The second kappa shape index (κ2) is 5.38. The SMILES string of the molecule is N[C@H](c1ccc(Cl)cc1Cl)[C@H]1Cc2ccccc2[C@H]1O. The smallest absolute Gasteiger partial charge is 0.0842 e. The molecule has 2 nitrogen and oxygen atoms in total. The molecular formula is C16H15Cl2NO. The molecule has 0 unspecified atom stereocenters. The van der Waals surface area contributed by atoms with Gasteiger partial charge >= 0.3 is 0 Å². The maximum absolute atomic E-state index is 10.5. The zero-order chi connectivity index (χ0) is 14.3. The maximum atomic E-state index is 10.5. The first-order valence-electron chi connectivity index (χ1n) is 6.54. The molecule has 0 aliphatic heterocycles. The van der Waals surface area contributed by atoms with E-state index in [9.17, 15) is 5.11 Å². The maximum Gasteiger partial charge on any atom is 0.0842 e. The fourth-order valence-electron chi connectivity index (χ4n) is 2.93. The molecule has 4 heteroatoms. The summed E-state index contributed by atoms with van der Waals surface area (Å²) in [6.45, 7) is 0. The largest absolute Gasteiger partial charge is 0.388 e. The number of hydrogen-bond donors (Lipinski definition) is 2. The third-order valence-corrected chi connectivity index (χ3v) is 4.58. The fraction of sp³-hybridized carbons (Fsp3) is 0.250. The van der Waals surface area contributed by atoms with Crippen LogP contribution < -0.4 is 5.73 Å². The number of rotatable bonds is 2. The summed E-state index contributed by atoms with van der Waals surface area (Å²) in [6, 6.07) is 12.9. The van der Waals surface area contributed by atoms with Crippen molar-refractivity contribution >= 4 is 23.2 Å². The first kappa shape index (κ1) is 13.9. The molecule has 104 valence electrons. The minimum Gasteiger partial charge on any atom is -0.388 e. The minimum atomic E-state index is -0.548. The monoisotopic (exact) mass is 307 g/mol. The van der Waals surface area contributed by atoms with Gasteiger partial charge in [0, 0.05) is 22.0 Å². The van der Waals surface area contributed by atoms with Gasteiger partial charge < -0.3 is 10.8 Å². The highest BCUT2D eigenvalue weighted by Gasteiger charge is 2.35. The van der Waals surface area contributed by atoms with Crippen LogP contribution in [0.25, 0.3) is 0 Å². The normalized spacial score (nSPS) is 22.6. The molecule has 3 N–H and O–H groups in total. The van der Waals surface area contributed by atoms with Gasteiger partial charge in [-0.3, -0.25) is 0 Å². The van der Waals surface area contributed by atoms with Crippen LogP contribution in [0.2, 0.25) is 10.0 Å². The summed E-state index contributed by atoms with van der Waals surface area (Å²) >= 11 is 12.1. The van der Waals surface area contributed by atoms with Crippen LogP contribution in [0.5, 0.6) is 0 Å². The molecule has 0 radical (unpaired) electrons. The molecule has 20 heavy (non-hydrogen) atoms. The summed E-state index contributed by atoms with van der Waals surface area (Å²) in [5.74, 6) is -0.0638. The highest BCUT2D eigenvalue weighted by atomic mass is 35.5. The summed E-state index contributed by atoms with van der Waals surface area (Å²) in [4.78, 5) is 0. The molecule has 0 bridgehead atoms. The van der Waals surface area contributed by atoms with Gasteiger partial charge in [-0.25, -0.2) is 0 Å². The van der Waals surface area contributed by atoms with E-state index in [1.165, 1.54) is 0 Å². The molecule has 3 rings (SSSR count). The number of halogens is 2. The van der Waals surface area contributed by atoms with Crippen LogP contribution in [0.3, 0.4) is 0 Å². The van der Waals surface area contributed by atoms with Crippen LogP contribution in [-0.2, 0) is 6.42 Å². The van der Waals surface area contributed by atoms with Gasteiger partial charge in [0.25, 0.3) is 0 Å². The van der Waals surface area contributed by atoms with Crippen LogP contribution in [0, 0.1) is 5.92 Å². The number of aliphatic hydroxyl groups is 1. The van der Waals surface area contributed by atoms with E-state index in [0.717, 1.165) is 23.1 Å². The van der Waals surface area contributed by atoms with Crippen LogP contribution in [-0.4, -0.2) is 5.11 Å². The second-order valence-corrected chi connectivity index (χ2v) is 6.05. The van der Waals surface area contributed by atoms with Crippen molar-refractivity contribution in [1.29, 1.82) is 0 Å². The molecule has 0 heterocycles. The third-order valence-electron chi connectivity index (χ3n) is 4.02. The Kier molecular flexibility index (Phi) is 3.74. The van der Waals surface area contributed by atoms with Gasteiger partial charge in [-0.05, 0) is 35.2 Å². The fourth-order valence-corrected chi connectivity index (χ4v) is 3.47. The van der Waals surface area contributed by atoms with Crippen molar-refractivity contribution in [3.63, 3.8) is 0 Å². The van der Waals surface area contributed by atoms with Crippen LogP contribution in [0.4, 0.5) is 0 Å². The molecule has 0 saturated carbocycles. The van der Waals surface area contributed by atoms with Crippen molar-refractivity contribution in [3.05, 3.63) is 69.2 Å². The van der Waals surface area contributed by atoms with E-state index < -0.39 is 6.10 Å². The molecule has 0 saturated heterocycles. The zero-order valence-corrected chi connectivity index (χ0v) is 12.3. The molecule has 0 amide bonds. The Morgan fingerprint density at radius 2 is 1.90 bits per heavy atom. The Labute approximate surface area is 128 Å². The first-order valence-corrected chi connectivity index (χ1v) is 7.30. The summed E-state index contributed by atoms with van der Waals surface area (Å²) in [5, 5.41) is 11.6. The van der Waals surface area contributed by atoms with Crippen molar-refractivity contribution in [1.82, 2.24) is 0 Å². The van der Waals surface area contributed by atoms with E-state index >= 15 is 0 Å². The van der Waals surface area contributed by atoms with E-state index in [1.807, 2.05) is 30.3 Å². The lowest BCUT2D eigenvalue weighted by molar-refractivity contribution is 0.108. The number of nitrogens with two attached hydrogens (primary N) is 1. The van der Waals surface area contributed by atoms with Crippen molar-refractivity contribution in [3.8, 4) is 0 Å². The van der Waals surface area contributed by atoms with Gasteiger partial charge in [-0.1, -0.05) is 53.5 Å². The van der Waals surface area contributed by atoms with Gasteiger partial charge in [-0.15, -0.1) is 0 Å². The lowest BCUT2D eigenvalue weighted by Crippen LogP contribution is -2.25. The van der Waals surface area contributed by atoms with E-state index in [-0.39, 0.29) is 12.0 Å². The van der Waals surface area contributed by atoms with E-state index in [0.29, 0.717) is 10.0 Å². The van der Waals surface area contributed by atoms with Crippen LogP contribution in [0.1, 0.15) is 28.8 Å². The average molecular weight is 308 g/mol.